The zero-order valence-electron chi connectivity index (χ0n) is 14.7. The lowest BCUT2D eigenvalue weighted by molar-refractivity contribution is -0.127. The molecule has 0 aliphatic carbocycles. The fourth-order valence-corrected chi connectivity index (χ4v) is 2.99. The second kappa shape index (κ2) is 7.21. The lowest BCUT2D eigenvalue weighted by Gasteiger charge is -2.33. The van der Waals surface area contributed by atoms with Crippen LogP contribution >= 0.6 is 0 Å². The number of nitrogens with one attached hydrogen (secondary N) is 1. The van der Waals surface area contributed by atoms with Crippen LogP contribution in [0.3, 0.4) is 0 Å². The molecule has 2 rings (SSSR count). The average Bonchev–Trinajstić information content (AvgIpc) is 2.46. The summed E-state index contributed by atoms with van der Waals surface area (Å²) in [6, 6.07) is 5.73. The molecule has 1 fully saturated rings. The lowest BCUT2D eigenvalue weighted by atomic mass is 9.94. The van der Waals surface area contributed by atoms with Crippen LogP contribution in [0, 0.1) is 5.92 Å². The Morgan fingerprint density at radius 3 is 2.57 bits per heavy atom. The highest BCUT2D eigenvalue weighted by Gasteiger charge is 2.27. The summed E-state index contributed by atoms with van der Waals surface area (Å²) in [6.45, 7) is 8.70. The van der Waals surface area contributed by atoms with E-state index in [-0.39, 0.29) is 17.4 Å². The van der Waals surface area contributed by atoms with Gasteiger partial charge in [0.05, 0.1) is 7.11 Å². The van der Waals surface area contributed by atoms with Gasteiger partial charge in [-0.05, 0) is 64.9 Å². The highest BCUT2D eigenvalue weighted by molar-refractivity contribution is 5.79. The van der Waals surface area contributed by atoms with Crippen molar-refractivity contribution < 1.29 is 9.53 Å². The lowest BCUT2D eigenvalue weighted by Crippen LogP contribution is -2.46. The number of anilines is 1. The molecule has 0 bridgehead atoms. The molecule has 1 aromatic rings. The van der Waals surface area contributed by atoms with Crippen molar-refractivity contribution in [3.63, 3.8) is 0 Å². The normalized spacial score (nSPS) is 17.0. The van der Waals surface area contributed by atoms with Crippen LogP contribution in [0.15, 0.2) is 18.2 Å². The van der Waals surface area contributed by atoms with Gasteiger partial charge in [0.15, 0.2) is 0 Å². The molecule has 0 atom stereocenters. The summed E-state index contributed by atoms with van der Waals surface area (Å²) in [6.07, 6.45) is 1.79. The summed E-state index contributed by atoms with van der Waals surface area (Å²) < 4.78 is 5.41. The monoisotopic (exact) mass is 319 g/mol. The molecule has 1 aliphatic heterocycles. The van der Waals surface area contributed by atoms with Gasteiger partial charge in [0.1, 0.15) is 5.75 Å². The van der Waals surface area contributed by atoms with Gasteiger partial charge in [-0.1, -0.05) is 0 Å². The van der Waals surface area contributed by atoms with E-state index in [2.05, 4.69) is 10.2 Å². The van der Waals surface area contributed by atoms with E-state index in [1.165, 1.54) is 0 Å². The average molecular weight is 319 g/mol. The predicted octanol–water partition coefficient (Wildman–Crippen LogP) is 2.40. The molecule has 0 radical (unpaired) electrons. The molecule has 23 heavy (non-hydrogen) atoms. The first-order valence-electron chi connectivity index (χ1n) is 8.25. The molecule has 0 spiro atoms. The molecule has 1 aliphatic rings. The van der Waals surface area contributed by atoms with Gasteiger partial charge in [-0.15, -0.1) is 0 Å². The predicted molar refractivity (Wildman–Crippen MR) is 93.3 cm³/mol. The molecule has 0 saturated carbocycles. The number of nitrogens with two attached hydrogens (primary N) is 1. The summed E-state index contributed by atoms with van der Waals surface area (Å²) in [5, 5.41) is 3.09. The van der Waals surface area contributed by atoms with Crippen LogP contribution < -0.4 is 15.8 Å². The Labute approximate surface area is 139 Å². The van der Waals surface area contributed by atoms with Crippen LogP contribution in [0.1, 0.15) is 39.2 Å². The van der Waals surface area contributed by atoms with Crippen molar-refractivity contribution in [2.45, 2.75) is 45.7 Å². The molecule has 3 N–H and O–H groups in total. The van der Waals surface area contributed by atoms with Crippen LogP contribution in [0.25, 0.3) is 0 Å². The van der Waals surface area contributed by atoms with E-state index in [9.17, 15) is 4.79 Å². The number of piperidine rings is 1. The second-order valence-corrected chi connectivity index (χ2v) is 7.36. The van der Waals surface area contributed by atoms with Gasteiger partial charge in [-0.3, -0.25) is 9.69 Å². The Balaban J connectivity index is 1.90. The molecule has 0 unspecified atom stereocenters. The quantitative estimate of drug-likeness (QED) is 0.836. The fraction of sp³-hybridized carbons (Fsp3) is 0.611. The number of carbonyl (C=O) groups excluding carboxylic acids is 1. The van der Waals surface area contributed by atoms with E-state index in [4.69, 9.17) is 10.5 Å². The first kappa shape index (κ1) is 17.6. The fourth-order valence-electron chi connectivity index (χ4n) is 2.99. The number of hydrogen-bond donors (Lipinski definition) is 2. The number of hydrogen-bond acceptors (Lipinski definition) is 4. The Hall–Kier alpha value is -1.75. The SMILES string of the molecule is COc1ccc(N)cc1CN1CCC(C(=O)NC(C)(C)C)CC1. The molecule has 128 valence electrons. The van der Waals surface area contributed by atoms with Crippen molar-refractivity contribution in [2.24, 2.45) is 5.92 Å². The molecule has 1 amide bonds. The number of benzene rings is 1. The highest BCUT2D eigenvalue weighted by Crippen LogP contribution is 2.25. The first-order chi connectivity index (χ1) is 10.8. The smallest absolute Gasteiger partial charge is 0.223 e. The number of amides is 1. The number of methoxy groups -OCH3 is 1. The maximum absolute atomic E-state index is 12.3. The third-order valence-corrected chi connectivity index (χ3v) is 4.15. The standard InChI is InChI=1S/C18H29N3O2/c1-18(2,3)20-17(22)13-7-9-21(10-8-13)12-14-11-15(19)5-6-16(14)23-4/h5-6,11,13H,7-10,12,19H2,1-4H3,(H,20,22). The van der Waals surface area contributed by atoms with Gasteiger partial charge >= 0.3 is 0 Å². The van der Waals surface area contributed by atoms with Gasteiger partial charge in [0.2, 0.25) is 5.91 Å². The van der Waals surface area contributed by atoms with Gasteiger partial charge in [-0.2, -0.15) is 0 Å². The Morgan fingerprint density at radius 1 is 1.35 bits per heavy atom. The van der Waals surface area contributed by atoms with Gasteiger partial charge in [-0.25, -0.2) is 0 Å². The van der Waals surface area contributed by atoms with E-state index >= 15 is 0 Å². The number of ether oxygens (including phenoxy) is 1. The molecule has 5 nitrogen and oxygen atoms in total. The van der Waals surface area contributed by atoms with Crippen molar-refractivity contribution in [2.75, 3.05) is 25.9 Å². The topological polar surface area (TPSA) is 67.6 Å². The Kier molecular flexibility index (Phi) is 5.52. The number of likely N-dealkylation sites (tertiary alicyclic amines) is 1. The van der Waals surface area contributed by atoms with Crippen molar-refractivity contribution in [1.82, 2.24) is 10.2 Å². The van der Waals surface area contributed by atoms with Gasteiger partial charge in [0.25, 0.3) is 0 Å². The number of rotatable bonds is 4. The van der Waals surface area contributed by atoms with Crippen LogP contribution in [0.4, 0.5) is 5.69 Å². The minimum absolute atomic E-state index is 0.119. The first-order valence-corrected chi connectivity index (χ1v) is 8.25. The minimum Gasteiger partial charge on any atom is -0.496 e. The largest absolute Gasteiger partial charge is 0.496 e. The van der Waals surface area contributed by atoms with Crippen molar-refractivity contribution >= 4 is 11.6 Å². The maximum atomic E-state index is 12.3. The molecular formula is C18H29N3O2. The maximum Gasteiger partial charge on any atom is 0.223 e. The Morgan fingerprint density at radius 2 is 2.00 bits per heavy atom. The molecule has 0 aromatic heterocycles. The zero-order valence-corrected chi connectivity index (χ0v) is 14.7. The molecule has 1 heterocycles. The minimum atomic E-state index is -0.164. The van der Waals surface area contributed by atoms with E-state index in [1.54, 1.807) is 7.11 Å². The third-order valence-electron chi connectivity index (χ3n) is 4.15. The third kappa shape index (κ3) is 5.13. The number of nitrogen functional groups attached to an aromatic ring is 1. The van der Waals surface area contributed by atoms with E-state index < -0.39 is 0 Å². The summed E-state index contributed by atoms with van der Waals surface area (Å²) in [5.41, 5.74) is 7.57. The van der Waals surface area contributed by atoms with Crippen molar-refractivity contribution in [1.29, 1.82) is 0 Å². The highest BCUT2D eigenvalue weighted by atomic mass is 16.5. The Bertz CT molecular complexity index is 544. The van der Waals surface area contributed by atoms with Crippen molar-refractivity contribution in [3.05, 3.63) is 23.8 Å². The number of nitrogens with zero attached hydrogens (tertiary/aromatic N) is 1. The summed E-state index contributed by atoms with van der Waals surface area (Å²) in [5.74, 6) is 1.17. The van der Waals surface area contributed by atoms with Crippen molar-refractivity contribution in [3.8, 4) is 5.75 Å². The van der Waals surface area contributed by atoms with Crippen LogP contribution in [-0.2, 0) is 11.3 Å². The molecular weight excluding hydrogens is 290 g/mol. The second-order valence-electron chi connectivity index (χ2n) is 7.36. The zero-order chi connectivity index (χ0) is 17.0. The molecule has 1 saturated heterocycles. The van der Waals surface area contributed by atoms with Gasteiger partial charge < -0.3 is 15.8 Å². The van der Waals surface area contributed by atoms with Crippen LogP contribution in [-0.4, -0.2) is 36.5 Å². The molecule has 1 aromatic carbocycles. The number of carbonyl (C=O) groups is 1. The summed E-state index contributed by atoms with van der Waals surface area (Å²) in [7, 11) is 1.68. The van der Waals surface area contributed by atoms with E-state index in [0.717, 1.165) is 49.5 Å². The summed E-state index contributed by atoms with van der Waals surface area (Å²) >= 11 is 0. The van der Waals surface area contributed by atoms with E-state index in [0.29, 0.717) is 0 Å². The van der Waals surface area contributed by atoms with Crippen LogP contribution in [0.2, 0.25) is 0 Å². The van der Waals surface area contributed by atoms with Crippen LogP contribution in [0.5, 0.6) is 5.75 Å². The summed E-state index contributed by atoms with van der Waals surface area (Å²) in [4.78, 5) is 14.6. The van der Waals surface area contributed by atoms with Gasteiger partial charge in [0, 0.05) is 29.3 Å². The van der Waals surface area contributed by atoms with E-state index in [1.807, 2.05) is 39.0 Å². The molecule has 5 heteroatoms.